The topological polar surface area (TPSA) is 53.9 Å². The van der Waals surface area contributed by atoms with Crippen molar-refractivity contribution in [3.63, 3.8) is 0 Å². The third kappa shape index (κ3) is 1.88. The van der Waals surface area contributed by atoms with Crippen molar-refractivity contribution >= 4 is 0 Å². The van der Waals surface area contributed by atoms with Crippen LogP contribution in [0, 0.1) is 6.92 Å². The Labute approximate surface area is 94.0 Å². The maximum atomic E-state index is 5.59. The van der Waals surface area contributed by atoms with Crippen LogP contribution in [0.5, 0.6) is 0 Å². The van der Waals surface area contributed by atoms with Crippen molar-refractivity contribution in [3.05, 3.63) is 29.7 Å². The molecule has 4 heteroatoms. The van der Waals surface area contributed by atoms with E-state index in [1.165, 1.54) is 18.4 Å². The summed E-state index contributed by atoms with van der Waals surface area (Å²) >= 11 is 0. The third-order valence-electron chi connectivity index (χ3n) is 2.86. The Morgan fingerprint density at radius 1 is 1.50 bits per heavy atom. The zero-order chi connectivity index (χ0) is 11.0. The highest BCUT2D eigenvalue weighted by atomic mass is 16.3. The van der Waals surface area contributed by atoms with E-state index in [0.717, 1.165) is 23.8 Å². The van der Waals surface area contributed by atoms with E-state index in [2.05, 4.69) is 15.5 Å². The zero-order valence-corrected chi connectivity index (χ0v) is 9.29. The van der Waals surface area contributed by atoms with E-state index in [1.54, 1.807) is 0 Å². The van der Waals surface area contributed by atoms with Crippen LogP contribution in [0.25, 0.3) is 11.5 Å². The Kier molecular flexibility index (Phi) is 2.29. The normalized spacial score (nSPS) is 15.6. The summed E-state index contributed by atoms with van der Waals surface area (Å²) in [6.45, 7) is 2.80. The Bertz CT molecular complexity index is 482. The lowest BCUT2D eigenvalue weighted by Crippen LogP contribution is -2.15. The minimum absolute atomic E-state index is 0.709. The van der Waals surface area contributed by atoms with Gasteiger partial charge in [-0.1, -0.05) is 0 Å². The van der Waals surface area contributed by atoms with Crippen molar-refractivity contribution in [2.45, 2.75) is 32.4 Å². The van der Waals surface area contributed by atoms with Gasteiger partial charge in [-0.05, 0) is 31.9 Å². The van der Waals surface area contributed by atoms with E-state index in [4.69, 9.17) is 4.42 Å². The predicted molar refractivity (Wildman–Crippen MR) is 60.9 cm³/mol. The fourth-order valence-electron chi connectivity index (χ4n) is 1.77. The highest BCUT2D eigenvalue weighted by Gasteiger charge is 2.21. The predicted octanol–water partition coefficient (Wildman–Crippen LogP) is 2.23. The summed E-state index contributed by atoms with van der Waals surface area (Å²) in [5.41, 5.74) is 2.16. The first-order valence-electron chi connectivity index (χ1n) is 5.65. The van der Waals surface area contributed by atoms with Crippen molar-refractivity contribution in [2.24, 2.45) is 0 Å². The summed E-state index contributed by atoms with van der Waals surface area (Å²) in [7, 11) is 0. The van der Waals surface area contributed by atoms with E-state index in [0.29, 0.717) is 6.04 Å². The molecule has 84 valence electrons. The van der Waals surface area contributed by atoms with Gasteiger partial charge >= 0.3 is 0 Å². The van der Waals surface area contributed by atoms with Gasteiger partial charge in [-0.2, -0.15) is 5.10 Å². The SMILES string of the molecule is Cc1ccc(-c2[nH]ncc2CNC2CC2)o1. The Balaban J connectivity index is 1.80. The zero-order valence-electron chi connectivity index (χ0n) is 9.29. The summed E-state index contributed by atoms with van der Waals surface area (Å²) < 4.78 is 5.59. The first kappa shape index (κ1) is 9.66. The highest BCUT2D eigenvalue weighted by Crippen LogP contribution is 2.25. The smallest absolute Gasteiger partial charge is 0.152 e. The number of H-pyrrole nitrogens is 1. The van der Waals surface area contributed by atoms with Crippen LogP contribution >= 0.6 is 0 Å². The van der Waals surface area contributed by atoms with E-state index in [9.17, 15) is 0 Å². The average molecular weight is 217 g/mol. The summed E-state index contributed by atoms with van der Waals surface area (Å²) in [5.74, 6) is 1.79. The van der Waals surface area contributed by atoms with Gasteiger partial charge in [-0.25, -0.2) is 0 Å². The highest BCUT2D eigenvalue weighted by molar-refractivity contribution is 5.56. The molecule has 0 spiro atoms. The summed E-state index contributed by atoms with van der Waals surface area (Å²) in [5, 5.41) is 10.6. The molecule has 2 heterocycles. The number of hydrogen-bond acceptors (Lipinski definition) is 3. The number of nitrogens with one attached hydrogen (secondary N) is 2. The van der Waals surface area contributed by atoms with Crippen LogP contribution in [-0.4, -0.2) is 16.2 Å². The second-order valence-corrected chi connectivity index (χ2v) is 4.34. The number of furan rings is 1. The molecule has 0 amide bonds. The summed E-state index contributed by atoms with van der Waals surface area (Å²) in [6, 6.07) is 4.65. The van der Waals surface area contributed by atoms with Crippen molar-refractivity contribution in [3.8, 4) is 11.5 Å². The van der Waals surface area contributed by atoms with Crippen molar-refractivity contribution < 1.29 is 4.42 Å². The number of aromatic nitrogens is 2. The number of rotatable bonds is 4. The Hall–Kier alpha value is -1.55. The number of aromatic amines is 1. The van der Waals surface area contributed by atoms with E-state index in [-0.39, 0.29) is 0 Å². The Morgan fingerprint density at radius 2 is 2.38 bits per heavy atom. The molecule has 1 fully saturated rings. The lowest BCUT2D eigenvalue weighted by Gasteiger charge is -2.01. The minimum atomic E-state index is 0.709. The molecule has 2 aromatic rings. The molecule has 1 aliphatic carbocycles. The van der Waals surface area contributed by atoms with Gasteiger partial charge in [-0.15, -0.1) is 0 Å². The number of aryl methyl sites for hydroxylation is 1. The molecule has 1 aliphatic rings. The van der Waals surface area contributed by atoms with Crippen LogP contribution in [0.2, 0.25) is 0 Å². The maximum absolute atomic E-state index is 5.59. The molecule has 0 aromatic carbocycles. The maximum Gasteiger partial charge on any atom is 0.152 e. The Morgan fingerprint density at radius 3 is 3.06 bits per heavy atom. The van der Waals surface area contributed by atoms with Gasteiger partial charge in [0.2, 0.25) is 0 Å². The summed E-state index contributed by atoms with van der Waals surface area (Å²) in [6.07, 6.45) is 4.46. The van der Waals surface area contributed by atoms with E-state index in [1.807, 2.05) is 25.3 Å². The van der Waals surface area contributed by atoms with Crippen molar-refractivity contribution in [1.82, 2.24) is 15.5 Å². The fraction of sp³-hybridized carbons (Fsp3) is 0.417. The second-order valence-electron chi connectivity index (χ2n) is 4.34. The molecule has 1 saturated carbocycles. The van der Waals surface area contributed by atoms with Crippen LogP contribution < -0.4 is 5.32 Å². The van der Waals surface area contributed by atoms with Gasteiger partial charge in [0.25, 0.3) is 0 Å². The lowest BCUT2D eigenvalue weighted by atomic mass is 10.2. The van der Waals surface area contributed by atoms with Crippen LogP contribution in [-0.2, 0) is 6.54 Å². The molecule has 2 N–H and O–H groups in total. The second kappa shape index (κ2) is 3.79. The molecular formula is C12H15N3O. The third-order valence-corrected chi connectivity index (χ3v) is 2.86. The minimum Gasteiger partial charge on any atom is -0.460 e. The number of hydrogen-bond donors (Lipinski definition) is 2. The lowest BCUT2D eigenvalue weighted by molar-refractivity contribution is 0.545. The molecule has 0 unspecified atom stereocenters. The van der Waals surface area contributed by atoms with Crippen molar-refractivity contribution in [2.75, 3.05) is 0 Å². The van der Waals surface area contributed by atoms with E-state index < -0.39 is 0 Å². The van der Waals surface area contributed by atoms with Gasteiger partial charge in [-0.3, -0.25) is 5.10 Å². The molecule has 0 saturated heterocycles. The fourth-order valence-corrected chi connectivity index (χ4v) is 1.77. The first-order valence-corrected chi connectivity index (χ1v) is 5.65. The van der Waals surface area contributed by atoms with Gasteiger partial charge in [0.05, 0.1) is 6.20 Å². The molecule has 0 atom stereocenters. The average Bonchev–Trinajstić information content (AvgIpc) is 2.82. The molecule has 2 aromatic heterocycles. The monoisotopic (exact) mass is 217 g/mol. The van der Waals surface area contributed by atoms with Crippen LogP contribution in [0.1, 0.15) is 24.2 Å². The van der Waals surface area contributed by atoms with Crippen LogP contribution in [0.4, 0.5) is 0 Å². The molecule has 16 heavy (non-hydrogen) atoms. The first-order chi connectivity index (χ1) is 7.83. The molecule has 0 bridgehead atoms. The van der Waals surface area contributed by atoms with Gasteiger partial charge < -0.3 is 9.73 Å². The van der Waals surface area contributed by atoms with Crippen LogP contribution in [0.15, 0.2) is 22.7 Å². The van der Waals surface area contributed by atoms with Gasteiger partial charge in [0.1, 0.15) is 11.5 Å². The van der Waals surface area contributed by atoms with E-state index >= 15 is 0 Å². The quantitative estimate of drug-likeness (QED) is 0.825. The molecule has 0 aliphatic heterocycles. The summed E-state index contributed by atoms with van der Waals surface area (Å²) in [4.78, 5) is 0. The van der Waals surface area contributed by atoms with Crippen molar-refractivity contribution in [1.29, 1.82) is 0 Å². The largest absolute Gasteiger partial charge is 0.460 e. The molecule has 3 rings (SSSR count). The number of nitrogens with zero attached hydrogens (tertiary/aromatic N) is 1. The standard InChI is InChI=1S/C12H15N3O/c1-8-2-5-11(16-8)12-9(7-14-15-12)6-13-10-3-4-10/h2,5,7,10,13H,3-4,6H2,1H3,(H,14,15). The molecule has 4 nitrogen and oxygen atoms in total. The molecule has 0 radical (unpaired) electrons. The molecular weight excluding hydrogens is 202 g/mol. The van der Waals surface area contributed by atoms with Crippen LogP contribution in [0.3, 0.4) is 0 Å². The van der Waals surface area contributed by atoms with Gasteiger partial charge in [0, 0.05) is 18.2 Å². The van der Waals surface area contributed by atoms with Gasteiger partial charge in [0.15, 0.2) is 5.76 Å².